The molecular weight excluding hydrogens is 328 g/mol. The van der Waals surface area contributed by atoms with Crippen molar-refractivity contribution in [3.05, 3.63) is 25.3 Å². The normalized spacial score (nSPS) is 7.73. The fourth-order valence-electron chi connectivity index (χ4n) is 1.03. The Labute approximate surface area is 216 Å². The first-order chi connectivity index (χ1) is 9.49. The smallest absolute Gasteiger partial charge is 0.247 e. The summed E-state index contributed by atoms with van der Waals surface area (Å²) in [5.74, 6) is 11.2. The predicted molar refractivity (Wildman–Crippen MR) is 72.9 cm³/mol. The van der Waals surface area contributed by atoms with Gasteiger partial charge in [0, 0.05) is 0 Å². The summed E-state index contributed by atoms with van der Waals surface area (Å²) in [6.07, 6.45) is -0.527. The van der Waals surface area contributed by atoms with Gasteiger partial charge in [0.2, 0.25) is 0 Å². The van der Waals surface area contributed by atoms with Gasteiger partial charge >= 0.3 is 115 Å². The van der Waals surface area contributed by atoms with Crippen LogP contribution < -0.4 is 119 Å². The fraction of sp³-hybridized carbons (Fsp3) is 0.167. The first-order valence-electron chi connectivity index (χ1n) is 5.60. The van der Waals surface area contributed by atoms with Crippen LogP contribution in [0.3, 0.4) is 0 Å². The minimum absolute atomic E-state index is 0. The Kier molecular flexibility index (Phi) is 23.3. The third-order valence-corrected chi connectivity index (χ3v) is 2.44. The molecule has 22 heavy (non-hydrogen) atoms. The van der Waals surface area contributed by atoms with Crippen molar-refractivity contribution < 1.29 is 119 Å². The largest absolute Gasteiger partial charge is 1.00 e. The van der Waals surface area contributed by atoms with E-state index in [1.54, 1.807) is 11.9 Å². The van der Waals surface area contributed by atoms with E-state index in [2.05, 4.69) is 13.2 Å². The van der Waals surface area contributed by atoms with E-state index in [0.29, 0.717) is 0 Å². The van der Waals surface area contributed by atoms with Crippen molar-refractivity contribution in [1.82, 2.24) is 0 Å². The van der Waals surface area contributed by atoms with Crippen LogP contribution in [0.1, 0.15) is 0 Å². The van der Waals surface area contributed by atoms with Crippen LogP contribution in [0.2, 0.25) is 12.6 Å². The van der Waals surface area contributed by atoms with Crippen LogP contribution in [0, 0.1) is 51.6 Å². The molecule has 0 aliphatic rings. The maximum Gasteiger partial charge on any atom is 1.00 e. The predicted octanol–water partition coefficient (Wildman–Crippen LogP) is -9.63. The van der Waals surface area contributed by atoms with Gasteiger partial charge in [-0.2, -0.15) is 0 Å². The van der Waals surface area contributed by atoms with Gasteiger partial charge in [-0.1, -0.05) is 0 Å². The number of allylic oxidation sites excluding steroid dienone is 2. The summed E-state index contributed by atoms with van der Waals surface area (Å²) in [5, 5.41) is 45.5. The quantitative estimate of drug-likeness (QED) is 0.345. The van der Waals surface area contributed by atoms with Gasteiger partial charge in [-0.3, -0.25) is 0 Å². The van der Waals surface area contributed by atoms with Crippen LogP contribution >= 0.6 is 0 Å². The van der Waals surface area contributed by atoms with Crippen molar-refractivity contribution in [2.45, 2.75) is 12.6 Å². The van der Waals surface area contributed by atoms with Crippen molar-refractivity contribution in [3.8, 4) is 35.8 Å². The summed E-state index contributed by atoms with van der Waals surface area (Å²) in [6, 6.07) is 0. The van der Waals surface area contributed by atoms with Gasteiger partial charge in [-0.25, -0.2) is 15.8 Å². The minimum Gasteiger partial charge on any atom is -0.247 e. The summed E-state index contributed by atoms with van der Waals surface area (Å²) in [4.78, 5) is 0. The number of nitriles is 3. The third kappa shape index (κ3) is 10.5. The molecule has 0 bridgehead atoms. The Morgan fingerprint density at radius 2 is 1.00 bits per heavy atom. The molecule has 96 valence electrons. The van der Waals surface area contributed by atoms with Crippen LogP contribution in [0.5, 0.6) is 0 Å². The standard InChI is InChI=1S/2C6H5BN3.2K/c2*1-2-3-7(4-8,5-9)6-10;;/h2*2H,1,3H2;;/q2*-1;2*+1/p+3. The fourth-order valence-corrected chi connectivity index (χ4v) is 1.03. The van der Waals surface area contributed by atoms with Crippen LogP contribution in [0.15, 0.2) is 25.3 Å². The monoisotopic (exact) mass is 341 g/mol. The molecule has 0 aliphatic heterocycles. The van der Waals surface area contributed by atoms with E-state index < -0.39 is 12.3 Å². The summed E-state index contributed by atoms with van der Waals surface area (Å²) in [6.45, 7) is 6.79. The second-order valence-corrected chi connectivity index (χ2v) is 3.96. The molecule has 0 heterocycles. The first-order valence-corrected chi connectivity index (χ1v) is 5.60. The number of hydrogen-bond donors (Lipinski definition) is 3. The van der Waals surface area contributed by atoms with Crippen molar-refractivity contribution in [1.29, 1.82) is 15.8 Å². The van der Waals surface area contributed by atoms with Crippen LogP contribution in [-0.4, -0.2) is 12.3 Å². The zero-order chi connectivity index (χ0) is 16.1. The zero-order valence-electron chi connectivity index (χ0n) is 13.0. The van der Waals surface area contributed by atoms with E-state index in [-0.39, 0.29) is 115 Å². The van der Waals surface area contributed by atoms with E-state index in [4.69, 9.17) is 31.6 Å². The molecule has 0 saturated heterocycles. The van der Waals surface area contributed by atoms with E-state index in [0.717, 1.165) is 0 Å². The van der Waals surface area contributed by atoms with Gasteiger partial charge in [0.15, 0.2) is 0 Å². The Balaban J connectivity index is -0.000000135. The molecule has 0 saturated carbocycles. The molecule has 0 amide bonds. The summed E-state index contributed by atoms with van der Waals surface area (Å²) >= 11 is 0. The van der Waals surface area contributed by atoms with Gasteiger partial charge in [0.25, 0.3) is 0 Å². The Morgan fingerprint density at radius 1 is 0.727 bits per heavy atom. The van der Waals surface area contributed by atoms with Gasteiger partial charge < -0.3 is 0 Å². The molecule has 3 N–H and O–H groups in total. The van der Waals surface area contributed by atoms with Gasteiger partial charge in [0.05, 0.1) is 17.9 Å². The molecule has 0 radical (unpaired) electrons. The van der Waals surface area contributed by atoms with Gasteiger partial charge in [-0.05, 0) is 0 Å². The van der Waals surface area contributed by atoms with Crippen LogP contribution in [0.25, 0.3) is 0 Å². The van der Waals surface area contributed by atoms with E-state index in [1.807, 2.05) is 23.9 Å². The van der Waals surface area contributed by atoms with E-state index >= 15 is 0 Å². The third-order valence-electron chi connectivity index (χ3n) is 2.44. The number of nitrogens with zero attached hydrogens (tertiary/aromatic N) is 3. The minimum atomic E-state index is -2.04. The molecule has 0 spiro atoms. The number of hydrogen-bond acceptors (Lipinski definition) is 3. The molecule has 0 rings (SSSR count). The average Bonchev–Trinajstić information content (AvgIpc) is 2.51. The molecule has 0 unspecified atom stereocenters. The first kappa shape index (κ1) is 29.8. The topological polar surface area (TPSA) is 143 Å². The zero-order valence-corrected chi connectivity index (χ0v) is 19.2. The van der Waals surface area contributed by atoms with Crippen molar-refractivity contribution in [2.75, 3.05) is 0 Å². The Morgan fingerprint density at radius 3 is 1.09 bits per heavy atom. The van der Waals surface area contributed by atoms with Crippen molar-refractivity contribution >= 4 is 12.3 Å². The SMILES string of the molecule is C=CC[B-](C#N)(C#N)C#[NH+].C=CC[B-](C#N)(C#[NH+])C#[NH+].[K+].[K+]. The van der Waals surface area contributed by atoms with Crippen LogP contribution in [0.4, 0.5) is 0 Å². The van der Waals surface area contributed by atoms with Crippen molar-refractivity contribution in [2.24, 2.45) is 0 Å². The molecule has 0 aromatic heterocycles. The molecule has 0 aromatic rings. The number of nitrogens with one attached hydrogen (secondary N) is 3. The molecule has 0 aliphatic carbocycles. The molecular formula is C12H13B2K2N6+3. The molecule has 0 atom stereocenters. The maximum absolute atomic E-state index is 8.47. The second-order valence-electron chi connectivity index (χ2n) is 3.96. The Hall–Kier alpha value is -0.177. The summed E-state index contributed by atoms with van der Waals surface area (Å²) < 4.78 is 0. The van der Waals surface area contributed by atoms with E-state index in [9.17, 15) is 0 Å². The second kappa shape index (κ2) is 17.2. The molecule has 6 nitrogen and oxygen atoms in total. The van der Waals surface area contributed by atoms with Crippen LogP contribution in [-0.2, 0) is 0 Å². The van der Waals surface area contributed by atoms with Gasteiger partial charge in [0.1, 0.15) is 0 Å². The Bertz CT molecular complexity index is 493. The molecule has 0 aromatic carbocycles. The van der Waals surface area contributed by atoms with Gasteiger partial charge in [-0.15, -0.1) is 71.6 Å². The maximum atomic E-state index is 8.47. The van der Waals surface area contributed by atoms with Crippen molar-refractivity contribution in [3.63, 3.8) is 0 Å². The summed E-state index contributed by atoms with van der Waals surface area (Å²) in [5.41, 5.74) is 0. The summed E-state index contributed by atoms with van der Waals surface area (Å²) in [7, 11) is 0. The average molecular weight is 341 g/mol. The molecule has 0 fully saturated rings. The molecule has 10 heteroatoms. The number of rotatable bonds is 4. The van der Waals surface area contributed by atoms with E-state index in [1.165, 1.54) is 12.2 Å².